The lowest BCUT2D eigenvalue weighted by Gasteiger charge is -2.04. The Hall–Kier alpha value is -2.24. The van der Waals surface area contributed by atoms with Crippen LogP contribution in [0, 0.1) is 0 Å². The van der Waals surface area contributed by atoms with Crippen LogP contribution in [0.25, 0.3) is 0 Å². The SMILES string of the molecule is CCCn1nncc1C(=O)c1ncccc1N. The monoisotopic (exact) mass is 231 g/mol. The largest absolute Gasteiger partial charge is 0.397 e. The van der Waals surface area contributed by atoms with Gasteiger partial charge in [0.2, 0.25) is 5.78 Å². The highest BCUT2D eigenvalue weighted by molar-refractivity contribution is 6.09. The van der Waals surface area contributed by atoms with Gasteiger partial charge in [0.15, 0.2) is 0 Å². The molecule has 0 aliphatic heterocycles. The van der Waals surface area contributed by atoms with Crippen LogP contribution in [-0.2, 0) is 6.54 Å². The van der Waals surface area contributed by atoms with Crippen LogP contribution < -0.4 is 5.73 Å². The van der Waals surface area contributed by atoms with E-state index < -0.39 is 0 Å². The molecule has 2 N–H and O–H groups in total. The summed E-state index contributed by atoms with van der Waals surface area (Å²) >= 11 is 0. The maximum absolute atomic E-state index is 12.2. The molecule has 17 heavy (non-hydrogen) atoms. The third-order valence-electron chi connectivity index (χ3n) is 2.34. The molecule has 0 fully saturated rings. The molecule has 0 aliphatic carbocycles. The van der Waals surface area contributed by atoms with Crippen molar-refractivity contribution in [2.24, 2.45) is 0 Å². The van der Waals surface area contributed by atoms with Crippen molar-refractivity contribution < 1.29 is 4.79 Å². The number of nitrogens with zero attached hydrogens (tertiary/aromatic N) is 4. The molecule has 0 saturated heterocycles. The van der Waals surface area contributed by atoms with Gasteiger partial charge in [0, 0.05) is 12.7 Å². The molecule has 0 spiro atoms. The van der Waals surface area contributed by atoms with E-state index in [1.54, 1.807) is 16.8 Å². The van der Waals surface area contributed by atoms with Crippen molar-refractivity contribution in [2.75, 3.05) is 5.73 Å². The van der Waals surface area contributed by atoms with Crippen LogP contribution >= 0.6 is 0 Å². The highest BCUT2D eigenvalue weighted by Gasteiger charge is 2.18. The molecule has 0 aromatic carbocycles. The van der Waals surface area contributed by atoms with E-state index in [4.69, 9.17) is 5.73 Å². The first-order chi connectivity index (χ1) is 8.24. The third kappa shape index (κ3) is 2.15. The summed E-state index contributed by atoms with van der Waals surface area (Å²) in [5.74, 6) is -0.249. The van der Waals surface area contributed by atoms with Crippen LogP contribution in [0.3, 0.4) is 0 Å². The fraction of sp³-hybridized carbons (Fsp3) is 0.273. The number of rotatable bonds is 4. The van der Waals surface area contributed by atoms with Gasteiger partial charge in [-0.2, -0.15) is 0 Å². The average molecular weight is 231 g/mol. The van der Waals surface area contributed by atoms with Gasteiger partial charge >= 0.3 is 0 Å². The number of nitrogens with two attached hydrogens (primary N) is 1. The van der Waals surface area contributed by atoms with Crippen molar-refractivity contribution in [3.63, 3.8) is 0 Å². The lowest BCUT2D eigenvalue weighted by atomic mass is 10.2. The number of nitrogen functional groups attached to an aromatic ring is 1. The highest BCUT2D eigenvalue weighted by Crippen LogP contribution is 2.12. The van der Waals surface area contributed by atoms with Gasteiger partial charge in [-0.05, 0) is 18.6 Å². The van der Waals surface area contributed by atoms with Crippen LogP contribution in [0.5, 0.6) is 0 Å². The normalized spacial score (nSPS) is 10.4. The lowest BCUT2D eigenvalue weighted by molar-refractivity contribution is 0.102. The van der Waals surface area contributed by atoms with E-state index in [1.807, 2.05) is 6.92 Å². The number of carbonyl (C=O) groups excluding carboxylic acids is 1. The topological polar surface area (TPSA) is 86.7 Å². The molecule has 2 aromatic rings. The van der Waals surface area contributed by atoms with Gasteiger partial charge in [-0.3, -0.25) is 9.78 Å². The fourth-order valence-corrected chi connectivity index (χ4v) is 1.54. The van der Waals surface area contributed by atoms with Crippen LogP contribution in [0.2, 0.25) is 0 Å². The first-order valence-corrected chi connectivity index (χ1v) is 5.37. The number of carbonyl (C=O) groups is 1. The van der Waals surface area contributed by atoms with E-state index >= 15 is 0 Å². The van der Waals surface area contributed by atoms with Crippen LogP contribution in [0.15, 0.2) is 24.5 Å². The predicted molar refractivity (Wildman–Crippen MR) is 62.4 cm³/mol. The van der Waals surface area contributed by atoms with E-state index in [1.165, 1.54) is 12.4 Å². The standard InChI is InChI=1S/C11H13N5O/c1-2-6-16-9(7-14-15-16)11(17)10-8(12)4-3-5-13-10/h3-5,7H,2,6,12H2,1H3. The summed E-state index contributed by atoms with van der Waals surface area (Å²) in [6.45, 7) is 2.65. The zero-order valence-electron chi connectivity index (χ0n) is 9.50. The molecule has 2 heterocycles. The van der Waals surface area contributed by atoms with Gasteiger partial charge in [0.25, 0.3) is 0 Å². The summed E-state index contributed by atoms with van der Waals surface area (Å²) in [5.41, 5.74) is 6.74. The second kappa shape index (κ2) is 4.73. The van der Waals surface area contributed by atoms with E-state index in [9.17, 15) is 4.79 Å². The lowest BCUT2D eigenvalue weighted by Crippen LogP contribution is -2.14. The van der Waals surface area contributed by atoms with Gasteiger partial charge in [-0.15, -0.1) is 5.10 Å². The number of aryl methyl sites for hydroxylation is 1. The first kappa shape index (κ1) is 11.3. The molecule has 0 aliphatic rings. The van der Waals surface area contributed by atoms with Crippen molar-refractivity contribution in [1.82, 2.24) is 20.0 Å². The summed E-state index contributed by atoms with van der Waals surface area (Å²) in [7, 11) is 0. The smallest absolute Gasteiger partial charge is 0.233 e. The minimum Gasteiger partial charge on any atom is -0.397 e. The molecule has 0 saturated carbocycles. The summed E-state index contributed by atoms with van der Waals surface area (Å²) in [6, 6.07) is 3.34. The van der Waals surface area contributed by atoms with Crippen molar-refractivity contribution >= 4 is 11.5 Å². The summed E-state index contributed by atoms with van der Waals surface area (Å²) < 4.78 is 1.57. The van der Waals surface area contributed by atoms with Crippen molar-refractivity contribution in [3.05, 3.63) is 35.9 Å². The Balaban J connectivity index is 2.37. The number of ketones is 1. The van der Waals surface area contributed by atoms with Gasteiger partial charge in [-0.25, -0.2) is 4.68 Å². The zero-order chi connectivity index (χ0) is 12.3. The Labute approximate surface area is 98.5 Å². The Morgan fingerprint density at radius 1 is 1.53 bits per heavy atom. The van der Waals surface area contributed by atoms with Crippen LogP contribution in [0.4, 0.5) is 5.69 Å². The minimum absolute atomic E-state index is 0.243. The molecule has 0 radical (unpaired) electrons. The Bertz CT molecular complexity index is 534. The minimum atomic E-state index is -0.249. The number of hydrogen-bond acceptors (Lipinski definition) is 5. The summed E-state index contributed by atoms with van der Waals surface area (Å²) in [4.78, 5) is 16.2. The molecule has 88 valence electrons. The molecule has 6 nitrogen and oxygen atoms in total. The van der Waals surface area contributed by atoms with E-state index in [-0.39, 0.29) is 11.5 Å². The van der Waals surface area contributed by atoms with E-state index in [0.29, 0.717) is 17.9 Å². The molecule has 0 unspecified atom stereocenters. The second-order valence-corrected chi connectivity index (χ2v) is 3.61. The average Bonchev–Trinajstić information content (AvgIpc) is 2.78. The molecule has 6 heteroatoms. The Morgan fingerprint density at radius 3 is 3.06 bits per heavy atom. The van der Waals surface area contributed by atoms with E-state index in [0.717, 1.165) is 6.42 Å². The van der Waals surface area contributed by atoms with Gasteiger partial charge in [-0.1, -0.05) is 12.1 Å². The van der Waals surface area contributed by atoms with Crippen molar-refractivity contribution in [1.29, 1.82) is 0 Å². The summed E-state index contributed by atoms with van der Waals surface area (Å²) in [5, 5.41) is 7.60. The van der Waals surface area contributed by atoms with Crippen molar-refractivity contribution in [3.8, 4) is 0 Å². The third-order valence-corrected chi connectivity index (χ3v) is 2.34. The second-order valence-electron chi connectivity index (χ2n) is 3.61. The molecule has 0 amide bonds. The Kier molecular flexibility index (Phi) is 3.13. The molecular formula is C11H13N5O. The molecular weight excluding hydrogens is 218 g/mol. The maximum Gasteiger partial charge on any atom is 0.233 e. The molecule has 0 bridgehead atoms. The highest BCUT2D eigenvalue weighted by atomic mass is 16.1. The van der Waals surface area contributed by atoms with Gasteiger partial charge < -0.3 is 5.73 Å². The molecule has 0 atom stereocenters. The maximum atomic E-state index is 12.2. The quantitative estimate of drug-likeness (QED) is 0.790. The van der Waals surface area contributed by atoms with Gasteiger partial charge in [0.05, 0.1) is 11.9 Å². The number of aromatic nitrogens is 4. The number of pyridine rings is 1. The van der Waals surface area contributed by atoms with E-state index in [2.05, 4.69) is 15.3 Å². The van der Waals surface area contributed by atoms with Crippen LogP contribution in [0.1, 0.15) is 29.5 Å². The van der Waals surface area contributed by atoms with Gasteiger partial charge in [0.1, 0.15) is 11.4 Å². The van der Waals surface area contributed by atoms with Crippen LogP contribution in [-0.4, -0.2) is 25.8 Å². The molecule has 2 aromatic heterocycles. The summed E-state index contributed by atoms with van der Waals surface area (Å²) in [6.07, 6.45) is 3.85. The van der Waals surface area contributed by atoms with Crippen molar-refractivity contribution in [2.45, 2.75) is 19.9 Å². The Morgan fingerprint density at radius 2 is 2.35 bits per heavy atom. The predicted octanol–water partition coefficient (Wildman–Crippen LogP) is 0.896. The first-order valence-electron chi connectivity index (χ1n) is 5.37. The number of hydrogen-bond donors (Lipinski definition) is 1. The number of anilines is 1. The fourth-order valence-electron chi connectivity index (χ4n) is 1.54. The zero-order valence-corrected chi connectivity index (χ0v) is 9.50. The molecule has 2 rings (SSSR count).